The minimum Gasteiger partial charge on any atom is -0.468 e. The Balaban J connectivity index is 1.82. The summed E-state index contributed by atoms with van der Waals surface area (Å²) in [4.78, 5) is 22.7. The van der Waals surface area contributed by atoms with Crippen LogP contribution in [0.1, 0.15) is 26.9 Å². The molecule has 3 rings (SSSR count). The molecule has 0 saturated heterocycles. The average molecular weight is 414 g/mol. The van der Waals surface area contributed by atoms with E-state index in [4.69, 9.17) is 4.42 Å². The summed E-state index contributed by atoms with van der Waals surface area (Å²) in [6.07, 6.45) is 1.37. The minimum absolute atomic E-state index is 0.120. The van der Waals surface area contributed by atoms with E-state index in [9.17, 15) is 23.3 Å². The lowest BCUT2D eigenvalue weighted by Crippen LogP contribution is -2.31. The van der Waals surface area contributed by atoms with Gasteiger partial charge in [-0.15, -0.1) is 0 Å². The molecule has 0 aliphatic rings. The molecule has 1 amide bonds. The van der Waals surface area contributed by atoms with Gasteiger partial charge in [-0.2, -0.15) is 0 Å². The largest absolute Gasteiger partial charge is 0.468 e. The number of amides is 1. The lowest BCUT2D eigenvalue weighted by molar-refractivity contribution is -0.384. The third-order valence-corrected chi connectivity index (χ3v) is 6.45. The standard InChI is InChI=1S/C20H18N2O6S/c1-14-4-10-17(11-5-14)29(26,27)19(18-3-2-12-28-18)13-21-20(23)15-6-8-16(9-7-15)22(24)25/h2-12,19H,13H2,1H3,(H,21,23)/t19-/m1/s1. The number of benzene rings is 2. The number of aryl methyl sites for hydroxylation is 1. The summed E-state index contributed by atoms with van der Waals surface area (Å²) < 4.78 is 31.6. The highest BCUT2D eigenvalue weighted by atomic mass is 32.2. The van der Waals surface area contributed by atoms with Gasteiger partial charge >= 0.3 is 0 Å². The zero-order valence-electron chi connectivity index (χ0n) is 15.4. The van der Waals surface area contributed by atoms with E-state index in [1.165, 1.54) is 48.7 Å². The second-order valence-corrected chi connectivity index (χ2v) is 8.51. The topological polar surface area (TPSA) is 120 Å². The average Bonchev–Trinajstić information content (AvgIpc) is 3.22. The number of carbonyl (C=O) groups is 1. The van der Waals surface area contributed by atoms with Crippen molar-refractivity contribution >= 4 is 21.4 Å². The van der Waals surface area contributed by atoms with Crippen LogP contribution in [0.5, 0.6) is 0 Å². The number of nitro benzene ring substituents is 1. The van der Waals surface area contributed by atoms with Gasteiger partial charge in [0.2, 0.25) is 0 Å². The second kappa shape index (κ2) is 8.27. The Morgan fingerprint density at radius 3 is 2.31 bits per heavy atom. The SMILES string of the molecule is Cc1ccc(S(=O)(=O)[C@H](CNC(=O)c2ccc([N+](=O)[O-])cc2)c2ccco2)cc1. The van der Waals surface area contributed by atoms with Crippen molar-refractivity contribution in [2.75, 3.05) is 6.54 Å². The molecule has 1 atom stereocenters. The first-order chi connectivity index (χ1) is 13.8. The van der Waals surface area contributed by atoms with Gasteiger partial charge in [0.15, 0.2) is 9.84 Å². The van der Waals surface area contributed by atoms with Crippen molar-refractivity contribution in [1.29, 1.82) is 0 Å². The summed E-state index contributed by atoms with van der Waals surface area (Å²) in [5, 5.41) is 12.2. The van der Waals surface area contributed by atoms with Crippen molar-refractivity contribution in [2.24, 2.45) is 0 Å². The maximum Gasteiger partial charge on any atom is 0.269 e. The fourth-order valence-electron chi connectivity index (χ4n) is 2.75. The van der Waals surface area contributed by atoms with E-state index in [0.29, 0.717) is 0 Å². The van der Waals surface area contributed by atoms with E-state index in [0.717, 1.165) is 5.56 Å². The zero-order valence-corrected chi connectivity index (χ0v) is 16.3. The van der Waals surface area contributed by atoms with Crippen molar-refractivity contribution in [3.05, 3.63) is 93.9 Å². The zero-order chi connectivity index (χ0) is 21.0. The molecule has 1 heterocycles. The number of non-ortho nitro benzene ring substituents is 1. The molecule has 1 aromatic heterocycles. The van der Waals surface area contributed by atoms with Crippen LogP contribution < -0.4 is 5.32 Å². The van der Waals surface area contributed by atoms with Crippen LogP contribution in [-0.2, 0) is 9.84 Å². The quantitative estimate of drug-likeness (QED) is 0.467. The summed E-state index contributed by atoms with van der Waals surface area (Å²) in [7, 11) is -3.83. The highest BCUT2D eigenvalue weighted by Crippen LogP contribution is 2.29. The van der Waals surface area contributed by atoms with Crippen molar-refractivity contribution in [3.63, 3.8) is 0 Å². The summed E-state index contributed by atoms with van der Waals surface area (Å²) in [6, 6.07) is 14.6. The fourth-order valence-corrected chi connectivity index (χ4v) is 4.34. The Labute approximate surface area is 167 Å². The number of sulfone groups is 1. The van der Waals surface area contributed by atoms with E-state index in [2.05, 4.69) is 5.32 Å². The van der Waals surface area contributed by atoms with Crippen molar-refractivity contribution in [1.82, 2.24) is 5.32 Å². The molecule has 9 heteroatoms. The molecule has 0 aliphatic heterocycles. The molecule has 0 aliphatic carbocycles. The van der Waals surface area contributed by atoms with Gasteiger partial charge in [-0.25, -0.2) is 8.42 Å². The summed E-state index contributed by atoms with van der Waals surface area (Å²) in [5.74, 6) is -0.342. The van der Waals surface area contributed by atoms with Gasteiger partial charge in [-0.05, 0) is 43.3 Å². The van der Waals surface area contributed by atoms with Crippen LogP contribution in [0.4, 0.5) is 5.69 Å². The van der Waals surface area contributed by atoms with Gasteiger partial charge in [0.05, 0.1) is 16.1 Å². The Morgan fingerprint density at radius 1 is 1.10 bits per heavy atom. The molecule has 0 radical (unpaired) electrons. The van der Waals surface area contributed by atoms with E-state index in [-0.39, 0.29) is 28.5 Å². The molecule has 8 nitrogen and oxygen atoms in total. The normalized spacial score (nSPS) is 12.3. The van der Waals surface area contributed by atoms with Crippen LogP contribution in [0, 0.1) is 17.0 Å². The molecule has 0 spiro atoms. The van der Waals surface area contributed by atoms with E-state index < -0.39 is 25.9 Å². The highest BCUT2D eigenvalue weighted by molar-refractivity contribution is 7.91. The maximum absolute atomic E-state index is 13.1. The number of carbonyl (C=O) groups excluding carboxylic acids is 1. The highest BCUT2D eigenvalue weighted by Gasteiger charge is 2.32. The number of nitrogens with zero attached hydrogens (tertiary/aromatic N) is 1. The van der Waals surface area contributed by atoms with Gasteiger partial charge in [0.25, 0.3) is 11.6 Å². The van der Waals surface area contributed by atoms with Crippen LogP contribution in [0.2, 0.25) is 0 Å². The Hall–Kier alpha value is -3.46. The van der Waals surface area contributed by atoms with Gasteiger partial charge in [0.1, 0.15) is 11.0 Å². The molecule has 0 bridgehead atoms. The molecule has 0 saturated carbocycles. The van der Waals surface area contributed by atoms with Gasteiger partial charge in [-0.1, -0.05) is 17.7 Å². The van der Waals surface area contributed by atoms with Crippen LogP contribution in [0.15, 0.2) is 76.2 Å². The smallest absolute Gasteiger partial charge is 0.269 e. The lowest BCUT2D eigenvalue weighted by atomic mass is 10.2. The Morgan fingerprint density at radius 2 is 1.76 bits per heavy atom. The van der Waals surface area contributed by atoms with Crippen LogP contribution in [-0.4, -0.2) is 25.8 Å². The van der Waals surface area contributed by atoms with Crippen LogP contribution >= 0.6 is 0 Å². The fraction of sp³-hybridized carbons (Fsp3) is 0.150. The molecule has 1 N–H and O–H groups in total. The third kappa shape index (κ3) is 4.52. The predicted octanol–water partition coefficient (Wildman–Crippen LogP) is 3.44. The number of nitrogens with one attached hydrogen (secondary N) is 1. The number of hydrogen-bond acceptors (Lipinski definition) is 6. The van der Waals surface area contributed by atoms with E-state index >= 15 is 0 Å². The van der Waals surface area contributed by atoms with E-state index in [1.807, 2.05) is 6.92 Å². The molecule has 3 aromatic rings. The van der Waals surface area contributed by atoms with Crippen LogP contribution in [0.3, 0.4) is 0 Å². The molecular formula is C20H18N2O6S. The first kappa shape index (κ1) is 20.3. The molecule has 0 fully saturated rings. The molecule has 0 unspecified atom stereocenters. The van der Waals surface area contributed by atoms with Gasteiger partial charge in [0, 0.05) is 24.2 Å². The number of rotatable bonds is 7. The second-order valence-electron chi connectivity index (χ2n) is 6.38. The molecule has 2 aromatic carbocycles. The van der Waals surface area contributed by atoms with Gasteiger partial charge < -0.3 is 9.73 Å². The maximum atomic E-state index is 13.1. The minimum atomic E-state index is -3.83. The monoisotopic (exact) mass is 414 g/mol. The Bertz CT molecular complexity index is 1100. The van der Waals surface area contributed by atoms with Crippen LogP contribution in [0.25, 0.3) is 0 Å². The summed E-state index contributed by atoms with van der Waals surface area (Å²) in [5.41, 5.74) is 0.962. The van der Waals surface area contributed by atoms with Crippen molar-refractivity contribution < 1.29 is 22.6 Å². The first-order valence-corrected chi connectivity index (χ1v) is 10.2. The van der Waals surface area contributed by atoms with Gasteiger partial charge in [-0.3, -0.25) is 14.9 Å². The van der Waals surface area contributed by atoms with E-state index in [1.54, 1.807) is 18.2 Å². The molecular weight excluding hydrogens is 396 g/mol. The predicted molar refractivity (Wildman–Crippen MR) is 105 cm³/mol. The number of hydrogen-bond donors (Lipinski definition) is 1. The lowest BCUT2D eigenvalue weighted by Gasteiger charge is -2.17. The summed E-state index contributed by atoms with van der Waals surface area (Å²) >= 11 is 0. The number of furan rings is 1. The molecule has 29 heavy (non-hydrogen) atoms. The number of nitro groups is 1. The Kier molecular flexibility index (Phi) is 5.79. The first-order valence-electron chi connectivity index (χ1n) is 8.65. The van der Waals surface area contributed by atoms with Crippen molar-refractivity contribution in [3.8, 4) is 0 Å². The molecule has 150 valence electrons. The van der Waals surface area contributed by atoms with Crippen molar-refractivity contribution in [2.45, 2.75) is 17.1 Å². The third-order valence-electron chi connectivity index (χ3n) is 4.37. The summed E-state index contributed by atoms with van der Waals surface area (Å²) in [6.45, 7) is 1.63.